The van der Waals surface area contributed by atoms with E-state index in [1.54, 1.807) is 0 Å². The molecule has 1 aliphatic carbocycles. The second-order valence-corrected chi connectivity index (χ2v) is 5.26. The zero-order valence-corrected chi connectivity index (χ0v) is 11.6. The van der Waals surface area contributed by atoms with Crippen LogP contribution in [0.15, 0.2) is 0 Å². The van der Waals surface area contributed by atoms with Crippen molar-refractivity contribution >= 4 is 0 Å². The maximum atomic E-state index is 3.52. The molecule has 1 rings (SSSR count). The number of likely N-dealkylation sites (N-methyl/N-ethyl adjacent to an activating group) is 2. The summed E-state index contributed by atoms with van der Waals surface area (Å²) in [5, 5.41) is 3.52. The maximum absolute atomic E-state index is 3.52. The van der Waals surface area contributed by atoms with Gasteiger partial charge < -0.3 is 5.32 Å². The number of hydrogen-bond acceptors (Lipinski definition) is 2. The predicted octanol–water partition coefficient (Wildman–Crippen LogP) is 3.03. The van der Waals surface area contributed by atoms with E-state index in [9.17, 15) is 0 Å². The lowest BCUT2D eigenvalue weighted by Crippen LogP contribution is -2.50. The predicted molar refractivity (Wildman–Crippen MR) is 71.9 cm³/mol. The molecule has 0 aliphatic heterocycles. The molecule has 2 unspecified atom stereocenters. The maximum Gasteiger partial charge on any atom is 0.0246 e. The number of nitrogens with one attached hydrogen (secondary N) is 1. The second-order valence-electron chi connectivity index (χ2n) is 5.26. The van der Waals surface area contributed by atoms with Gasteiger partial charge in [0.25, 0.3) is 0 Å². The van der Waals surface area contributed by atoms with Crippen LogP contribution < -0.4 is 5.32 Å². The van der Waals surface area contributed by atoms with Gasteiger partial charge in [0, 0.05) is 18.1 Å². The lowest BCUT2D eigenvalue weighted by atomic mass is 9.98. The molecule has 1 aliphatic rings. The lowest BCUT2D eigenvalue weighted by Gasteiger charge is -2.37. The van der Waals surface area contributed by atoms with Crippen LogP contribution in [-0.2, 0) is 0 Å². The van der Waals surface area contributed by atoms with Crippen LogP contribution in [0.5, 0.6) is 0 Å². The number of hydrogen-bond donors (Lipinski definition) is 1. The van der Waals surface area contributed by atoms with Gasteiger partial charge in [-0.3, -0.25) is 4.90 Å². The molecule has 2 atom stereocenters. The van der Waals surface area contributed by atoms with Gasteiger partial charge in [0.15, 0.2) is 0 Å². The molecule has 1 saturated carbocycles. The highest BCUT2D eigenvalue weighted by molar-refractivity contribution is 4.86. The normalized spacial score (nSPS) is 21.6. The molecular formula is C14H30N2. The molecule has 96 valence electrons. The van der Waals surface area contributed by atoms with Gasteiger partial charge in [0.2, 0.25) is 0 Å². The number of nitrogens with zero attached hydrogens (tertiary/aromatic N) is 1. The fourth-order valence-electron chi connectivity index (χ4n) is 3.28. The highest BCUT2D eigenvalue weighted by atomic mass is 15.2. The van der Waals surface area contributed by atoms with Gasteiger partial charge in [-0.15, -0.1) is 0 Å². The Kier molecular flexibility index (Phi) is 6.37. The minimum absolute atomic E-state index is 0.667. The quantitative estimate of drug-likeness (QED) is 0.718. The Labute approximate surface area is 102 Å². The Morgan fingerprint density at radius 2 is 1.88 bits per heavy atom. The number of rotatable bonds is 7. The topological polar surface area (TPSA) is 15.3 Å². The molecule has 16 heavy (non-hydrogen) atoms. The third kappa shape index (κ3) is 3.46. The zero-order chi connectivity index (χ0) is 12.0. The SMILES string of the molecule is CCCC(NC)C(CC)N(C)C1CCCC1. The van der Waals surface area contributed by atoms with Gasteiger partial charge in [-0.25, -0.2) is 0 Å². The molecule has 0 aromatic rings. The van der Waals surface area contributed by atoms with Crippen molar-refractivity contribution in [1.82, 2.24) is 10.2 Å². The van der Waals surface area contributed by atoms with Crippen molar-refractivity contribution in [1.29, 1.82) is 0 Å². The van der Waals surface area contributed by atoms with Gasteiger partial charge in [-0.2, -0.15) is 0 Å². The minimum Gasteiger partial charge on any atom is -0.315 e. The van der Waals surface area contributed by atoms with Crippen LogP contribution in [0.3, 0.4) is 0 Å². The first kappa shape index (κ1) is 14.0. The highest BCUT2D eigenvalue weighted by Crippen LogP contribution is 2.26. The summed E-state index contributed by atoms with van der Waals surface area (Å²) < 4.78 is 0. The molecule has 0 radical (unpaired) electrons. The summed E-state index contributed by atoms with van der Waals surface area (Å²) in [5.41, 5.74) is 0. The molecular weight excluding hydrogens is 196 g/mol. The van der Waals surface area contributed by atoms with Crippen LogP contribution >= 0.6 is 0 Å². The summed E-state index contributed by atoms with van der Waals surface area (Å²) in [5.74, 6) is 0. The molecule has 2 heteroatoms. The monoisotopic (exact) mass is 226 g/mol. The van der Waals surface area contributed by atoms with E-state index in [2.05, 4.69) is 38.2 Å². The Bertz CT molecular complexity index is 176. The van der Waals surface area contributed by atoms with E-state index in [1.807, 2.05) is 0 Å². The van der Waals surface area contributed by atoms with E-state index in [0.717, 1.165) is 6.04 Å². The Morgan fingerprint density at radius 1 is 1.25 bits per heavy atom. The van der Waals surface area contributed by atoms with E-state index in [1.165, 1.54) is 44.9 Å². The van der Waals surface area contributed by atoms with Gasteiger partial charge in [0.05, 0.1) is 0 Å². The summed E-state index contributed by atoms with van der Waals surface area (Å²) in [4.78, 5) is 2.66. The Balaban J connectivity index is 2.55. The fraction of sp³-hybridized carbons (Fsp3) is 1.00. The molecule has 0 amide bonds. The first-order valence-electron chi connectivity index (χ1n) is 7.13. The molecule has 0 aromatic carbocycles. The average molecular weight is 226 g/mol. The Morgan fingerprint density at radius 3 is 2.31 bits per heavy atom. The van der Waals surface area contributed by atoms with Gasteiger partial charge in [-0.05, 0) is 39.8 Å². The zero-order valence-electron chi connectivity index (χ0n) is 11.6. The van der Waals surface area contributed by atoms with Crippen molar-refractivity contribution < 1.29 is 0 Å². The molecule has 2 nitrogen and oxygen atoms in total. The van der Waals surface area contributed by atoms with Crippen molar-refractivity contribution in [2.45, 2.75) is 76.9 Å². The largest absolute Gasteiger partial charge is 0.315 e. The van der Waals surface area contributed by atoms with Crippen molar-refractivity contribution in [2.24, 2.45) is 0 Å². The smallest absolute Gasteiger partial charge is 0.0246 e. The molecule has 1 fully saturated rings. The first-order valence-corrected chi connectivity index (χ1v) is 7.13. The van der Waals surface area contributed by atoms with Gasteiger partial charge >= 0.3 is 0 Å². The summed E-state index contributed by atoms with van der Waals surface area (Å²) >= 11 is 0. The van der Waals surface area contributed by atoms with Crippen molar-refractivity contribution in [3.8, 4) is 0 Å². The lowest BCUT2D eigenvalue weighted by molar-refractivity contribution is 0.133. The molecule has 1 N–H and O–H groups in total. The third-order valence-electron chi connectivity index (χ3n) is 4.28. The third-order valence-corrected chi connectivity index (χ3v) is 4.28. The fourth-order valence-corrected chi connectivity index (χ4v) is 3.28. The summed E-state index contributed by atoms with van der Waals surface area (Å²) in [6.07, 6.45) is 9.53. The highest BCUT2D eigenvalue weighted by Gasteiger charge is 2.28. The van der Waals surface area contributed by atoms with Crippen LogP contribution in [0.4, 0.5) is 0 Å². The van der Waals surface area contributed by atoms with E-state index in [4.69, 9.17) is 0 Å². The van der Waals surface area contributed by atoms with Crippen molar-refractivity contribution in [2.75, 3.05) is 14.1 Å². The van der Waals surface area contributed by atoms with Crippen LogP contribution in [0.2, 0.25) is 0 Å². The molecule has 0 aromatic heterocycles. The molecule has 0 bridgehead atoms. The van der Waals surface area contributed by atoms with E-state index >= 15 is 0 Å². The molecule has 0 spiro atoms. The minimum atomic E-state index is 0.667. The van der Waals surface area contributed by atoms with Crippen LogP contribution in [-0.4, -0.2) is 37.1 Å². The van der Waals surface area contributed by atoms with Crippen LogP contribution in [0, 0.1) is 0 Å². The van der Waals surface area contributed by atoms with E-state index < -0.39 is 0 Å². The van der Waals surface area contributed by atoms with E-state index in [0.29, 0.717) is 12.1 Å². The van der Waals surface area contributed by atoms with Gasteiger partial charge in [-0.1, -0.05) is 33.1 Å². The summed E-state index contributed by atoms with van der Waals surface area (Å²) in [7, 11) is 4.45. The summed E-state index contributed by atoms with van der Waals surface area (Å²) in [6.45, 7) is 4.61. The van der Waals surface area contributed by atoms with Gasteiger partial charge in [0.1, 0.15) is 0 Å². The molecule has 0 saturated heterocycles. The summed E-state index contributed by atoms with van der Waals surface area (Å²) in [6, 6.07) is 2.23. The van der Waals surface area contributed by atoms with E-state index in [-0.39, 0.29) is 0 Å². The first-order chi connectivity index (χ1) is 7.74. The van der Waals surface area contributed by atoms with Crippen LogP contribution in [0.1, 0.15) is 58.8 Å². The average Bonchev–Trinajstić information content (AvgIpc) is 2.82. The second kappa shape index (κ2) is 7.29. The Hall–Kier alpha value is -0.0800. The van der Waals surface area contributed by atoms with Crippen molar-refractivity contribution in [3.63, 3.8) is 0 Å². The van der Waals surface area contributed by atoms with Crippen molar-refractivity contribution in [3.05, 3.63) is 0 Å². The van der Waals surface area contributed by atoms with Crippen LogP contribution in [0.25, 0.3) is 0 Å². The molecule has 0 heterocycles. The standard InChI is InChI=1S/C14H30N2/c1-5-9-13(15-3)14(6-2)16(4)12-10-7-8-11-12/h12-15H,5-11H2,1-4H3.